The molecule has 0 aliphatic heterocycles. The Bertz CT molecular complexity index is 1020. The third-order valence-electron chi connectivity index (χ3n) is 4.15. The number of aryl methyl sites for hydroxylation is 1. The molecule has 0 aliphatic carbocycles. The molecule has 6 nitrogen and oxygen atoms in total. The fourth-order valence-corrected chi connectivity index (χ4v) is 2.96. The van der Waals surface area contributed by atoms with Gasteiger partial charge in [0, 0.05) is 0 Å². The van der Waals surface area contributed by atoms with Crippen LogP contribution in [0.15, 0.2) is 45.6 Å². The average molecular weight is 370 g/mol. The van der Waals surface area contributed by atoms with Crippen molar-refractivity contribution in [2.45, 2.75) is 20.4 Å². The lowest BCUT2D eigenvalue weighted by atomic mass is 10.1. The number of hydrogen-bond donors (Lipinski definition) is 2. The van der Waals surface area contributed by atoms with E-state index in [0.717, 1.165) is 4.90 Å². The summed E-state index contributed by atoms with van der Waals surface area (Å²) >= 11 is 0. The molecule has 2 aromatic carbocycles. The Hall–Kier alpha value is -2.99. The molecule has 27 heavy (non-hydrogen) atoms. The molecule has 1 aromatic heterocycles. The predicted octanol–water partition coefficient (Wildman–Crippen LogP) is 2.64. The molecule has 0 saturated heterocycles. The molecule has 0 bridgehead atoms. The largest absolute Gasteiger partial charge is 0.507 e. The van der Waals surface area contributed by atoms with Gasteiger partial charge in [0.25, 0.3) is 0 Å². The highest BCUT2D eigenvalue weighted by molar-refractivity contribution is 5.83. The third kappa shape index (κ3) is 3.75. The van der Waals surface area contributed by atoms with Crippen LogP contribution in [0.2, 0.25) is 0 Å². The fraction of sp³-hybridized carbons (Fsp3) is 0.286. The van der Waals surface area contributed by atoms with Crippen molar-refractivity contribution in [1.82, 2.24) is 0 Å². The molecule has 6 heteroatoms. The second kappa shape index (κ2) is 7.72. The average Bonchev–Trinajstić information content (AvgIpc) is 2.62. The van der Waals surface area contributed by atoms with Crippen LogP contribution in [-0.4, -0.2) is 25.8 Å². The Morgan fingerprint density at radius 3 is 2.48 bits per heavy atom. The Balaban J connectivity index is 2.14. The number of fused-ring (bicyclic) bond motifs is 1. The normalized spacial score (nSPS) is 11.1. The van der Waals surface area contributed by atoms with Gasteiger partial charge in [-0.2, -0.15) is 0 Å². The van der Waals surface area contributed by atoms with Crippen LogP contribution in [0.25, 0.3) is 11.0 Å². The van der Waals surface area contributed by atoms with Gasteiger partial charge in [0.2, 0.25) is 11.2 Å². The highest BCUT2D eigenvalue weighted by Gasteiger charge is 2.20. The lowest BCUT2D eigenvalue weighted by Gasteiger charge is -2.14. The highest BCUT2D eigenvalue weighted by atomic mass is 16.5. The zero-order valence-electron chi connectivity index (χ0n) is 16.0. The summed E-state index contributed by atoms with van der Waals surface area (Å²) < 4.78 is 17.4. The van der Waals surface area contributed by atoms with Crippen LogP contribution in [-0.2, 0) is 6.54 Å². The number of phenolic OH excluding ortho intramolecular Hbond substituents is 1. The van der Waals surface area contributed by atoms with Crippen LogP contribution in [0.4, 0.5) is 0 Å². The van der Waals surface area contributed by atoms with E-state index in [4.69, 9.17) is 13.9 Å². The summed E-state index contributed by atoms with van der Waals surface area (Å²) in [5, 5.41) is 10.6. The molecular weight excluding hydrogens is 346 g/mol. The van der Waals surface area contributed by atoms with Gasteiger partial charge in [-0.15, -0.1) is 0 Å². The molecule has 142 valence electrons. The molecule has 3 rings (SSSR count). The van der Waals surface area contributed by atoms with Gasteiger partial charge in [-0.1, -0.05) is 12.1 Å². The number of aromatic hydroxyl groups is 1. The zero-order chi connectivity index (χ0) is 19.6. The summed E-state index contributed by atoms with van der Waals surface area (Å²) in [5.74, 6) is 1.58. The van der Waals surface area contributed by atoms with E-state index in [2.05, 4.69) is 0 Å². The minimum Gasteiger partial charge on any atom is -0.507 e. The molecule has 1 heterocycles. The van der Waals surface area contributed by atoms with Crippen molar-refractivity contribution in [2.24, 2.45) is 0 Å². The summed E-state index contributed by atoms with van der Waals surface area (Å²) in [6, 6.07) is 10.3. The van der Waals surface area contributed by atoms with Gasteiger partial charge in [0.1, 0.15) is 18.1 Å². The van der Waals surface area contributed by atoms with Gasteiger partial charge in [-0.3, -0.25) is 4.79 Å². The molecule has 0 atom stereocenters. The molecule has 0 spiro atoms. The first-order valence-corrected chi connectivity index (χ1v) is 8.89. The molecule has 0 unspecified atom stereocenters. The second-order valence-corrected chi connectivity index (χ2v) is 6.62. The van der Waals surface area contributed by atoms with Gasteiger partial charge in [0.05, 0.1) is 31.7 Å². The molecule has 2 N–H and O–H groups in total. The van der Waals surface area contributed by atoms with Crippen molar-refractivity contribution >= 4 is 11.0 Å². The van der Waals surface area contributed by atoms with Crippen LogP contribution < -0.4 is 19.8 Å². The van der Waals surface area contributed by atoms with Gasteiger partial charge < -0.3 is 23.9 Å². The van der Waals surface area contributed by atoms with E-state index in [1.165, 1.54) is 6.07 Å². The Kier molecular flexibility index (Phi) is 5.37. The quantitative estimate of drug-likeness (QED) is 0.698. The number of ether oxygens (including phenoxy) is 2. The molecule has 3 aromatic rings. The van der Waals surface area contributed by atoms with E-state index in [1.807, 2.05) is 33.2 Å². The minimum absolute atomic E-state index is 0.113. The lowest BCUT2D eigenvalue weighted by Crippen LogP contribution is -3.04. The first-order chi connectivity index (χ1) is 12.9. The van der Waals surface area contributed by atoms with Crippen LogP contribution in [0, 0.1) is 6.92 Å². The fourth-order valence-electron chi connectivity index (χ4n) is 2.96. The minimum atomic E-state index is -0.282. The van der Waals surface area contributed by atoms with E-state index in [1.54, 1.807) is 25.1 Å². The SMILES string of the molecule is CCOc1ccccc1Oc1c(C)oc2c(C[NH+](C)C)c(O)ccc2c1=O. The topological polar surface area (TPSA) is 73.3 Å². The summed E-state index contributed by atoms with van der Waals surface area (Å²) in [6.45, 7) is 4.57. The van der Waals surface area contributed by atoms with E-state index in [0.29, 0.717) is 46.9 Å². The van der Waals surface area contributed by atoms with Crippen LogP contribution in [0.3, 0.4) is 0 Å². The van der Waals surface area contributed by atoms with Crippen LogP contribution in [0.1, 0.15) is 18.2 Å². The number of nitrogens with one attached hydrogen (secondary N) is 1. The van der Waals surface area contributed by atoms with Crippen molar-refractivity contribution < 1.29 is 23.9 Å². The summed E-state index contributed by atoms with van der Waals surface area (Å²) in [4.78, 5) is 14.2. The van der Waals surface area contributed by atoms with Crippen molar-refractivity contribution in [3.05, 3.63) is 57.9 Å². The highest BCUT2D eigenvalue weighted by Crippen LogP contribution is 2.34. The van der Waals surface area contributed by atoms with Gasteiger partial charge in [0.15, 0.2) is 17.1 Å². The summed E-state index contributed by atoms with van der Waals surface area (Å²) in [7, 11) is 3.93. The van der Waals surface area contributed by atoms with E-state index >= 15 is 0 Å². The summed E-state index contributed by atoms with van der Waals surface area (Å²) in [5.41, 5.74) is 0.716. The summed E-state index contributed by atoms with van der Waals surface area (Å²) in [6.07, 6.45) is 0. The van der Waals surface area contributed by atoms with E-state index < -0.39 is 0 Å². The van der Waals surface area contributed by atoms with Gasteiger partial charge in [-0.25, -0.2) is 0 Å². The molecule has 0 aliphatic rings. The maximum Gasteiger partial charge on any atom is 0.235 e. The lowest BCUT2D eigenvalue weighted by molar-refractivity contribution is -0.872. The zero-order valence-corrected chi connectivity index (χ0v) is 16.0. The van der Waals surface area contributed by atoms with Crippen molar-refractivity contribution in [3.8, 4) is 23.0 Å². The van der Waals surface area contributed by atoms with Crippen LogP contribution in [0.5, 0.6) is 23.0 Å². The third-order valence-corrected chi connectivity index (χ3v) is 4.15. The molecular formula is C21H24NO5+. The van der Waals surface area contributed by atoms with Gasteiger partial charge >= 0.3 is 0 Å². The van der Waals surface area contributed by atoms with E-state index in [9.17, 15) is 9.90 Å². The predicted molar refractivity (Wildman–Crippen MR) is 103 cm³/mol. The first-order valence-electron chi connectivity index (χ1n) is 8.89. The molecule has 0 saturated carbocycles. The standard InChI is InChI=1S/C21H23NO5/c1-5-25-17-8-6-7-9-18(17)27-20-13(2)26-21-14(19(20)24)10-11-16(23)15(21)12-22(3)4/h6-11,23H,5,12H2,1-4H3/p+1. The van der Waals surface area contributed by atoms with Gasteiger partial charge in [-0.05, 0) is 38.1 Å². The molecule has 0 amide bonds. The Labute approximate surface area is 157 Å². The monoisotopic (exact) mass is 370 g/mol. The molecule has 0 fully saturated rings. The number of rotatable bonds is 6. The van der Waals surface area contributed by atoms with E-state index in [-0.39, 0.29) is 16.9 Å². The molecule has 0 radical (unpaired) electrons. The van der Waals surface area contributed by atoms with Crippen LogP contribution >= 0.6 is 0 Å². The number of quaternary nitrogens is 1. The van der Waals surface area contributed by atoms with Crippen molar-refractivity contribution in [2.75, 3.05) is 20.7 Å². The number of para-hydroxylation sites is 2. The maximum absolute atomic E-state index is 13.1. The number of hydrogen-bond acceptors (Lipinski definition) is 5. The van der Waals surface area contributed by atoms with Crippen molar-refractivity contribution in [1.29, 1.82) is 0 Å². The van der Waals surface area contributed by atoms with Crippen molar-refractivity contribution in [3.63, 3.8) is 0 Å². The second-order valence-electron chi connectivity index (χ2n) is 6.62. The Morgan fingerprint density at radius 1 is 1.11 bits per heavy atom. The number of phenols is 1. The first kappa shape index (κ1) is 18.8. The maximum atomic E-state index is 13.1. The number of benzene rings is 2. The Morgan fingerprint density at radius 2 is 1.81 bits per heavy atom. The smallest absolute Gasteiger partial charge is 0.235 e.